The number of ether oxygens (including phenoxy) is 1. The molecule has 0 radical (unpaired) electrons. The lowest BCUT2D eigenvalue weighted by molar-refractivity contribution is 0.492. The van der Waals surface area contributed by atoms with Crippen molar-refractivity contribution in [2.24, 2.45) is 0 Å². The lowest BCUT2D eigenvalue weighted by Gasteiger charge is -2.10. The predicted octanol–water partition coefficient (Wildman–Crippen LogP) is 4.79. The molecule has 0 aliphatic carbocycles. The number of unbranched alkanes of at least 4 members (excludes halogenated alkanes) is 1. The minimum atomic E-state index is 0.285. The second-order valence-corrected chi connectivity index (χ2v) is 6.90. The van der Waals surface area contributed by atoms with Gasteiger partial charge in [-0.2, -0.15) is 5.10 Å². The zero-order valence-electron chi connectivity index (χ0n) is 15.5. The number of nitrogens with two attached hydrogens (primary N) is 1. The molecule has 4 N–H and O–H groups in total. The number of rotatable bonds is 4. The van der Waals surface area contributed by atoms with E-state index in [0.717, 1.165) is 70.1 Å². The number of aromatic amines is 1. The van der Waals surface area contributed by atoms with E-state index in [-0.39, 0.29) is 5.95 Å². The van der Waals surface area contributed by atoms with Crippen molar-refractivity contribution in [1.29, 1.82) is 0 Å². The van der Waals surface area contributed by atoms with E-state index in [4.69, 9.17) is 10.5 Å². The van der Waals surface area contributed by atoms with Crippen molar-refractivity contribution >= 4 is 28.4 Å². The summed E-state index contributed by atoms with van der Waals surface area (Å²) in [6.07, 6.45) is 3.05. The first-order valence-electron chi connectivity index (χ1n) is 9.41. The molecule has 0 unspecified atom stereocenters. The van der Waals surface area contributed by atoms with Crippen LogP contribution in [-0.2, 0) is 6.42 Å². The van der Waals surface area contributed by atoms with E-state index in [9.17, 15) is 0 Å². The molecule has 7 heteroatoms. The van der Waals surface area contributed by atoms with Crippen LogP contribution in [0.5, 0.6) is 11.5 Å². The third kappa shape index (κ3) is 2.81. The Morgan fingerprint density at radius 1 is 1.07 bits per heavy atom. The van der Waals surface area contributed by atoms with Gasteiger partial charge in [-0.15, -0.1) is 0 Å². The molecular weight excluding hydrogens is 352 g/mol. The van der Waals surface area contributed by atoms with E-state index >= 15 is 0 Å². The smallest absolute Gasteiger partial charge is 0.220 e. The lowest BCUT2D eigenvalue weighted by Crippen LogP contribution is -2.01. The second-order valence-electron chi connectivity index (χ2n) is 6.90. The van der Waals surface area contributed by atoms with Gasteiger partial charge in [0.1, 0.15) is 5.75 Å². The normalized spacial score (nSPS) is 12.2. The zero-order chi connectivity index (χ0) is 19.1. The largest absolute Gasteiger partial charge is 0.454 e. The number of anilines is 3. The second kappa shape index (κ2) is 6.53. The predicted molar refractivity (Wildman–Crippen MR) is 110 cm³/mol. The van der Waals surface area contributed by atoms with Gasteiger partial charge >= 0.3 is 0 Å². The van der Waals surface area contributed by atoms with Gasteiger partial charge in [-0.3, -0.25) is 5.10 Å². The molecule has 2 aromatic heterocycles. The number of aromatic nitrogens is 4. The molecule has 140 valence electrons. The molecule has 0 spiro atoms. The Morgan fingerprint density at radius 3 is 2.86 bits per heavy atom. The van der Waals surface area contributed by atoms with Crippen molar-refractivity contribution in [3.63, 3.8) is 0 Å². The maximum Gasteiger partial charge on any atom is 0.220 e. The van der Waals surface area contributed by atoms with Gasteiger partial charge in [0.2, 0.25) is 5.95 Å². The lowest BCUT2D eigenvalue weighted by atomic mass is 10.1. The number of hydrogen-bond acceptors (Lipinski definition) is 6. The van der Waals surface area contributed by atoms with Crippen LogP contribution in [0.1, 0.15) is 25.5 Å². The van der Waals surface area contributed by atoms with Gasteiger partial charge in [0.15, 0.2) is 11.6 Å². The first-order chi connectivity index (χ1) is 13.7. The average molecular weight is 372 g/mol. The average Bonchev–Trinajstić information content (AvgIpc) is 3.02. The van der Waals surface area contributed by atoms with Crippen LogP contribution >= 0.6 is 0 Å². The van der Waals surface area contributed by atoms with Gasteiger partial charge in [-0.05, 0) is 43.2 Å². The number of para-hydroxylation sites is 2. The molecule has 5 rings (SSSR count). The van der Waals surface area contributed by atoms with Crippen LogP contribution in [0.25, 0.3) is 22.2 Å². The minimum absolute atomic E-state index is 0.285. The van der Waals surface area contributed by atoms with Crippen molar-refractivity contribution in [3.05, 3.63) is 48.2 Å². The number of fused-ring (bicyclic) bond motifs is 1. The number of H-pyrrole nitrogens is 1. The molecule has 0 amide bonds. The van der Waals surface area contributed by atoms with Gasteiger partial charge in [0.05, 0.1) is 22.3 Å². The Hall–Kier alpha value is -3.61. The van der Waals surface area contributed by atoms with E-state index in [0.29, 0.717) is 0 Å². The zero-order valence-corrected chi connectivity index (χ0v) is 15.5. The number of nitrogens with zero attached hydrogens (tertiary/aromatic N) is 3. The monoisotopic (exact) mass is 372 g/mol. The van der Waals surface area contributed by atoms with Gasteiger partial charge in [-0.1, -0.05) is 25.5 Å². The van der Waals surface area contributed by atoms with E-state index < -0.39 is 0 Å². The highest BCUT2D eigenvalue weighted by molar-refractivity contribution is 6.00. The summed E-state index contributed by atoms with van der Waals surface area (Å²) in [4.78, 5) is 8.82. The van der Waals surface area contributed by atoms with Gasteiger partial charge < -0.3 is 15.8 Å². The molecular formula is C21H20N6O. The van der Waals surface area contributed by atoms with Crippen molar-refractivity contribution in [3.8, 4) is 22.8 Å². The summed E-state index contributed by atoms with van der Waals surface area (Å²) in [5, 5.41) is 11.8. The van der Waals surface area contributed by atoms with Crippen molar-refractivity contribution in [2.75, 3.05) is 11.1 Å². The number of hydrogen-bond donors (Lipinski definition) is 3. The number of nitrogens with one attached hydrogen (secondary N) is 2. The van der Waals surface area contributed by atoms with E-state index in [2.05, 4.69) is 32.4 Å². The van der Waals surface area contributed by atoms with Crippen LogP contribution in [0.15, 0.2) is 42.5 Å². The summed E-state index contributed by atoms with van der Waals surface area (Å²) in [5.74, 6) is 2.51. The van der Waals surface area contributed by atoms with E-state index in [1.807, 2.05) is 42.5 Å². The van der Waals surface area contributed by atoms with E-state index in [1.165, 1.54) is 0 Å². The third-order valence-corrected chi connectivity index (χ3v) is 4.87. The highest BCUT2D eigenvalue weighted by atomic mass is 16.5. The summed E-state index contributed by atoms with van der Waals surface area (Å²) in [6, 6.07) is 13.8. The molecule has 4 aromatic rings. The maximum atomic E-state index is 6.22. The summed E-state index contributed by atoms with van der Waals surface area (Å²) in [5.41, 5.74) is 10.4. The summed E-state index contributed by atoms with van der Waals surface area (Å²) in [7, 11) is 0. The summed E-state index contributed by atoms with van der Waals surface area (Å²) in [6.45, 7) is 2.16. The fourth-order valence-electron chi connectivity index (χ4n) is 3.50. The SMILES string of the molecule is CCCCc1cc(-c2cc3c4c(n[nH]c4c2)Nc2ccccc2O3)nc(N)n1. The molecule has 1 aliphatic rings. The van der Waals surface area contributed by atoms with Crippen LogP contribution in [0.3, 0.4) is 0 Å². The fourth-order valence-corrected chi connectivity index (χ4v) is 3.50. The molecule has 0 saturated carbocycles. The van der Waals surface area contributed by atoms with Crippen LogP contribution in [0.4, 0.5) is 17.5 Å². The maximum absolute atomic E-state index is 6.22. The summed E-state index contributed by atoms with van der Waals surface area (Å²) < 4.78 is 6.22. The molecule has 28 heavy (non-hydrogen) atoms. The molecule has 3 heterocycles. The first kappa shape index (κ1) is 16.6. The third-order valence-electron chi connectivity index (χ3n) is 4.87. The van der Waals surface area contributed by atoms with Gasteiger partial charge in [0.25, 0.3) is 0 Å². The topological polar surface area (TPSA) is 102 Å². The number of nitrogen functional groups attached to an aromatic ring is 1. The standard InChI is InChI=1S/C21H20N6O/c1-2-3-6-13-11-15(25-21(22)23-13)12-9-16-19-18(10-12)28-17-8-5-4-7-14(17)24-20(19)27-26-16/h4-5,7-11H,2-3,6H2,1H3,(H2,22,23,25)(H2,24,26,27). The highest BCUT2D eigenvalue weighted by Gasteiger charge is 2.21. The molecule has 7 nitrogen and oxygen atoms in total. The highest BCUT2D eigenvalue weighted by Crippen LogP contribution is 2.43. The van der Waals surface area contributed by atoms with Crippen LogP contribution in [0, 0.1) is 0 Å². The van der Waals surface area contributed by atoms with Gasteiger partial charge in [-0.25, -0.2) is 9.97 Å². The minimum Gasteiger partial charge on any atom is -0.454 e. The quantitative estimate of drug-likeness (QED) is 0.419. The Bertz CT molecular complexity index is 1180. The molecule has 0 bridgehead atoms. The molecule has 1 aliphatic heterocycles. The molecule has 0 atom stereocenters. The molecule has 0 fully saturated rings. The van der Waals surface area contributed by atoms with Crippen LogP contribution in [0.2, 0.25) is 0 Å². The Kier molecular flexibility index (Phi) is 3.86. The van der Waals surface area contributed by atoms with Crippen LogP contribution < -0.4 is 15.8 Å². The Labute approximate surface area is 162 Å². The molecule has 0 saturated heterocycles. The van der Waals surface area contributed by atoms with E-state index in [1.54, 1.807) is 0 Å². The number of aryl methyl sites for hydroxylation is 1. The Balaban J connectivity index is 1.64. The fraction of sp³-hybridized carbons (Fsp3) is 0.190. The van der Waals surface area contributed by atoms with Crippen molar-refractivity contribution < 1.29 is 4.74 Å². The van der Waals surface area contributed by atoms with Crippen molar-refractivity contribution in [2.45, 2.75) is 26.2 Å². The number of benzene rings is 2. The van der Waals surface area contributed by atoms with Crippen molar-refractivity contribution in [1.82, 2.24) is 20.2 Å². The van der Waals surface area contributed by atoms with Crippen LogP contribution in [-0.4, -0.2) is 20.2 Å². The van der Waals surface area contributed by atoms with Gasteiger partial charge in [0, 0.05) is 11.3 Å². The summed E-state index contributed by atoms with van der Waals surface area (Å²) >= 11 is 0. The molecule has 2 aromatic carbocycles. The first-order valence-corrected chi connectivity index (χ1v) is 9.41. The Morgan fingerprint density at radius 2 is 1.96 bits per heavy atom.